The van der Waals surface area contributed by atoms with E-state index in [1.165, 1.54) is 11.1 Å². The Labute approximate surface area is 174 Å². The third-order valence-electron chi connectivity index (χ3n) is 5.29. The lowest BCUT2D eigenvalue weighted by molar-refractivity contribution is -0.133. The summed E-state index contributed by atoms with van der Waals surface area (Å²) in [7, 11) is 0. The number of ether oxygens (including phenoxy) is 1. The molecule has 4 heteroatoms. The Morgan fingerprint density at radius 3 is 2.62 bits per heavy atom. The maximum absolute atomic E-state index is 11.4. The molecule has 1 aliphatic rings. The SMILES string of the molecule is CC(=C/C=C/[C@H](C)CCC[C@@H](C)C=C1OC(=O)C(C)=C1O)CCCc1ccoc1. The summed E-state index contributed by atoms with van der Waals surface area (Å²) in [6, 6.07) is 2.03. The van der Waals surface area contributed by atoms with Gasteiger partial charge in [0.1, 0.15) is 0 Å². The van der Waals surface area contributed by atoms with Crippen molar-refractivity contribution in [2.24, 2.45) is 11.8 Å². The highest BCUT2D eigenvalue weighted by atomic mass is 16.6. The molecule has 2 atom stereocenters. The van der Waals surface area contributed by atoms with Gasteiger partial charge in [-0.15, -0.1) is 0 Å². The summed E-state index contributed by atoms with van der Waals surface area (Å²) in [6.45, 7) is 8.07. The third-order valence-corrected chi connectivity index (χ3v) is 5.29. The van der Waals surface area contributed by atoms with Gasteiger partial charge in [-0.3, -0.25) is 0 Å². The quantitative estimate of drug-likeness (QED) is 0.328. The normalized spacial score (nSPS) is 18.7. The minimum atomic E-state index is -0.454. The van der Waals surface area contributed by atoms with Gasteiger partial charge in [-0.25, -0.2) is 4.79 Å². The van der Waals surface area contributed by atoms with Gasteiger partial charge < -0.3 is 14.3 Å². The summed E-state index contributed by atoms with van der Waals surface area (Å²) >= 11 is 0. The van der Waals surface area contributed by atoms with Gasteiger partial charge in [0.25, 0.3) is 0 Å². The molecule has 1 aromatic rings. The number of aryl methyl sites for hydroxylation is 1. The van der Waals surface area contributed by atoms with Crippen LogP contribution in [0.5, 0.6) is 0 Å². The predicted molar refractivity (Wildman–Crippen MR) is 116 cm³/mol. The van der Waals surface area contributed by atoms with Crippen LogP contribution in [0.15, 0.2) is 70.0 Å². The number of esters is 1. The molecule has 2 heterocycles. The van der Waals surface area contributed by atoms with Gasteiger partial charge in [0.2, 0.25) is 0 Å². The fourth-order valence-corrected chi connectivity index (χ4v) is 3.32. The Morgan fingerprint density at radius 2 is 1.97 bits per heavy atom. The highest BCUT2D eigenvalue weighted by molar-refractivity contribution is 5.93. The van der Waals surface area contributed by atoms with Crippen LogP contribution < -0.4 is 0 Å². The average Bonchev–Trinajstić information content (AvgIpc) is 3.27. The number of hydrogen-bond donors (Lipinski definition) is 1. The molecule has 0 spiro atoms. The molecule has 1 N–H and O–H groups in total. The van der Waals surface area contributed by atoms with E-state index < -0.39 is 5.97 Å². The van der Waals surface area contributed by atoms with Gasteiger partial charge in [0, 0.05) is 0 Å². The number of aliphatic hydroxyl groups is 1. The second-order valence-corrected chi connectivity index (χ2v) is 8.16. The van der Waals surface area contributed by atoms with Crippen molar-refractivity contribution >= 4 is 5.97 Å². The maximum Gasteiger partial charge on any atom is 0.343 e. The first kappa shape index (κ1) is 22.8. The van der Waals surface area contributed by atoms with E-state index in [9.17, 15) is 9.90 Å². The van der Waals surface area contributed by atoms with Crippen molar-refractivity contribution in [2.75, 3.05) is 0 Å². The summed E-state index contributed by atoms with van der Waals surface area (Å²) in [5.74, 6) is 0.597. The number of cyclic esters (lactones) is 1. The lowest BCUT2D eigenvalue weighted by atomic mass is 9.97. The summed E-state index contributed by atoms with van der Waals surface area (Å²) in [5, 5.41) is 9.88. The van der Waals surface area contributed by atoms with E-state index in [0.717, 1.165) is 38.5 Å². The van der Waals surface area contributed by atoms with Crippen molar-refractivity contribution in [1.82, 2.24) is 0 Å². The second kappa shape index (κ2) is 11.5. The van der Waals surface area contributed by atoms with E-state index >= 15 is 0 Å². The lowest BCUT2D eigenvalue weighted by Gasteiger charge is -2.10. The first-order valence-corrected chi connectivity index (χ1v) is 10.6. The fourth-order valence-electron chi connectivity index (χ4n) is 3.32. The summed E-state index contributed by atoms with van der Waals surface area (Å²) < 4.78 is 10.2. The Kier molecular flexibility index (Phi) is 9.04. The number of furan rings is 1. The Balaban J connectivity index is 1.64. The van der Waals surface area contributed by atoms with Crippen molar-refractivity contribution < 1.29 is 19.1 Å². The largest absolute Gasteiger partial charge is 0.504 e. The molecule has 4 nitrogen and oxygen atoms in total. The molecule has 1 aromatic heterocycles. The topological polar surface area (TPSA) is 59.7 Å². The molecule has 0 fully saturated rings. The molecule has 0 amide bonds. The van der Waals surface area contributed by atoms with E-state index in [1.807, 2.05) is 18.4 Å². The monoisotopic (exact) mass is 398 g/mol. The van der Waals surface area contributed by atoms with E-state index in [-0.39, 0.29) is 17.3 Å². The van der Waals surface area contributed by atoms with Gasteiger partial charge in [0.15, 0.2) is 11.5 Å². The van der Waals surface area contributed by atoms with Crippen molar-refractivity contribution in [3.05, 3.63) is 71.1 Å². The zero-order valence-electron chi connectivity index (χ0n) is 18.1. The van der Waals surface area contributed by atoms with E-state index in [1.54, 1.807) is 13.2 Å². The van der Waals surface area contributed by atoms with Crippen molar-refractivity contribution in [3.63, 3.8) is 0 Å². The molecular formula is C25H34O4. The minimum absolute atomic E-state index is 0.0231. The third kappa shape index (κ3) is 7.80. The number of hydrogen-bond acceptors (Lipinski definition) is 4. The Morgan fingerprint density at radius 1 is 1.21 bits per heavy atom. The molecule has 0 saturated heterocycles. The highest BCUT2D eigenvalue weighted by Crippen LogP contribution is 2.26. The predicted octanol–water partition coefficient (Wildman–Crippen LogP) is 6.82. The summed E-state index contributed by atoms with van der Waals surface area (Å²) in [6.07, 6.45) is 18.5. The standard InChI is InChI=1S/C25H34O4/c1-18(8-5-9-19(2)11-7-13-22-14-15-28-17-22)10-6-12-20(3)16-23-24(26)21(4)25(27)29-23/h5,8-9,14-18,20,26H,6-7,10-13H2,1-4H3/b8-5+,19-9?,23-16?/t18-,20+/m0/s1. The van der Waals surface area contributed by atoms with Gasteiger partial charge in [-0.2, -0.15) is 0 Å². The van der Waals surface area contributed by atoms with E-state index in [4.69, 9.17) is 9.15 Å². The van der Waals surface area contributed by atoms with E-state index in [2.05, 4.69) is 39.0 Å². The van der Waals surface area contributed by atoms with Crippen LogP contribution in [0.2, 0.25) is 0 Å². The molecular weight excluding hydrogens is 364 g/mol. The fraction of sp³-hybridized carbons (Fsp3) is 0.480. The molecule has 0 aromatic carbocycles. The summed E-state index contributed by atoms with van der Waals surface area (Å²) in [4.78, 5) is 11.4. The van der Waals surface area contributed by atoms with E-state index in [0.29, 0.717) is 11.7 Å². The molecule has 0 saturated carbocycles. The maximum atomic E-state index is 11.4. The molecule has 2 rings (SSSR count). The first-order valence-electron chi connectivity index (χ1n) is 10.6. The molecule has 0 aliphatic carbocycles. The Bertz CT molecular complexity index is 778. The zero-order chi connectivity index (χ0) is 21.2. The minimum Gasteiger partial charge on any atom is -0.504 e. The smallest absolute Gasteiger partial charge is 0.343 e. The number of carbonyl (C=O) groups is 1. The van der Waals surface area contributed by atoms with Gasteiger partial charge in [0.05, 0.1) is 18.1 Å². The second-order valence-electron chi connectivity index (χ2n) is 8.16. The van der Waals surface area contributed by atoms with Crippen molar-refractivity contribution in [3.8, 4) is 0 Å². The molecule has 158 valence electrons. The van der Waals surface area contributed by atoms with Crippen LogP contribution in [0.1, 0.15) is 65.4 Å². The first-order chi connectivity index (χ1) is 13.9. The van der Waals surface area contributed by atoms with Gasteiger partial charge in [-0.05, 0) is 75.5 Å². The lowest BCUT2D eigenvalue weighted by Crippen LogP contribution is -1.98. The van der Waals surface area contributed by atoms with Crippen LogP contribution in [0, 0.1) is 11.8 Å². The van der Waals surface area contributed by atoms with Crippen LogP contribution in [0.3, 0.4) is 0 Å². The van der Waals surface area contributed by atoms with Crippen LogP contribution >= 0.6 is 0 Å². The number of aliphatic hydroxyl groups excluding tert-OH is 1. The average molecular weight is 399 g/mol. The highest BCUT2D eigenvalue weighted by Gasteiger charge is 2.26. The van der Waals surface area contributed by atoms with Crippen LogP contribution in [0.25, 0.3) is 0 Å². The van der Waals surface area contributed by atoms with Gasteiger partial charge >= 0.3 is 5.97 Å². The van der Waals surface area contributed by atoms with Crippen LogP contribution in [0.4, 0.5) is 0 Å². The van der Waals surface area contributed by atoms with Gasteiger partial charge in [-0.1, -0.05) is 44.1 Å². The molecule has 0 unspecified atom stereocenters. The molecule has 0 radical (unpaired) electrons. The Hall–Kier alpha value is -2.49. The van der Waals surface area contributed by atoms with Crippen molar-refractivity contribution in [2.45, 2.75) is 66.2 Å². The molecule has 0 bridgehead atoms. The molecule has 29 heavy (non-hydrogen) atoms. The van der Waals surface area contributed by atoms with Crippen LogP contribution in [-0.4, -0.2) is 11.1 Å². The molecule has 1 aliphatic heterocycles. The number of carbonyl (C=O) groups excluding carboxylic acids is 1. The number of rotatable bonds is 11. The van der Waals surface area contributed by atoms with Crippen molar-refractivity contribution in [1.29, 1.82) is 0 Å². The number of allylic oxidation sites excluding steroid dienone is 5. The van der Waals surface area contributed by atoms with Crippen LogP contribution in [-0.2, 0) is 16.0 Å². The zero-order valence-corrected chi connectivity index (χ0v) is 18.1. The summed E-state index contributed by atoms with van der Waals surface area (Å²) in [5.41, 5.74) is 2.94.